The molecule has 1 spiro atoms. The van der Waals surface area contributed by atoms with Gasteiger partial charge in [0.1, 0.15) is 0 Å². The van der Waals surface area contributed by atoms with E-state index < -0.39 is 0 Å². The molecule has 0 aromatic carbocycles. The number of allylic oxidation sites excluding steroid dienone is 2. The lowest BCUT2D eigenvalue weighted by atomic mass is 9.40. The van der Waals surface area contributed by atoms with Crippen molar-refractivity contribution in [3.05, 3.63) is 12.2 Å². The summed E-state index contributed by atoms with van der Waals surface area (Å²) in [4.78, 5) is 12.7. The molecule has 206 valence electrons. The molecule has 4 aliphatic rings. The quantitative estimate of drug-likeness (QED) is 0.135. The summed E-state index contributed by atoms with van der Waals surface area (Å²) in [5.74, 6) is 1.57. The Hall–Kier alpha value is -0.790. The Balaban J connectivity index is 1.17. The number of carbonyl (C=O) groups is 1. The molecule has 0 amide bonds. The van der Waals surface area contributed by atoms with Crippen LogP contribution in [0.25, 0.3) is 0 Å². The van der Waals surface area contributed by atoms with Crippen LogP contribution in [0.5, 0.6) is 0 Å². The zero-order valence-corrected chi connectivity index (χ0v) is 24.5. The van der Waals surface area contributed by atoms with Gasteiger partial charge in [-0.3, -0.25) is 4.79 Å². The van der Waals surface area contributed by atoms with Crippen LogP contribution in [0.15, 0.2) is 12.2 Å². The SMILES string of the molecule is CCCCCCCCCCCCCC(=O)OC[C@@]1(C)CCC[C@]2(C)[C@@H]1CC[C@@]13C=C[C@@](C)(CC[C@H]12)C3. The highest BCUT2D eigenvalue weighted by molar-refractivity contribution is 5.69. The average Bonchev–Trinajstić information content (AvgIpc) is 3.09. The van der Waals surface area contributed by atoms with E-state index in [1.165, 1.54) is 116 Å². The largest absolute Gasteiger partial charge is 0.465 e. The Kier molecular flexibility index (Phi) is 9.36. The number of fused-ring (bicyclic) bond motifs is 3. The smallest absolute Gasteiger partial charge is 0.305 e. The molecule has 0 aromatic rings. The Morgan fingerprint density at radius 2 is 1.42 bits per heavy atom. The van der Waals surface area contributed by atoms with Gasteiger partial charge in [0.05, 0.1) is 6.61 Å². The van der Waals surface area contributed by atoms with Gasteiger partial charge in [-0.05, 0) is 79.4 Å². The molecule has 0 unspecified atom stereocenters. The fourth-order valence-electron chi connectivity index (χ4n) is 9.69. The van der Waals surface area contributed by atoms with Crippen LogP contribution in [0.3, 0.4) is 0 Å². The van der Waals surface area contributed by atoms with Gasteiger partial charge in [0.25, 0.3) is 0 Å². The van der Waals surface area contributed by atoms with E-state index in [0.29, 0.717) is 35.2 Å². The summed E-state index contributed by atoms with van der Waals surface area (Å²) >= 11 is 0. The van der Waals surface area contributed by atoms with Gasteiger partial charge >= 0.3 is 5.97 Å². The average molecular weight is 499 g/mol. The van der Waals surface area contributed by atoms with Gasteiger partial charge in [-0.1, -0.05) is 110 Å². The Labute approximate surface area is 223 Å². The van der Waals surface area contributed by atoms with E-state index in [4.69, 9.17) is 4.74 Å². The fourth-order valence-corrected chi connectivity index (χ4v) is 9.69. The monoisotopic (exact) mass is 498 g/mol. The van der Waals surface area contributed by atoms with Crippen molar-refractivity contribution >= 4 is 5.97 Å². The van der Waals surface area contributed by atoms with Gasteiger partial charge in [0.2, 0.25) is 0 Å². The van der Waals surface area contributed by atoms with Crippen molar-refractivity contribution in [3.8, 4) is 0 Å². The lowest BCUT2D eigenvalue weighted by Crippen LogP contribution is -2.58. The molecule has 0 radical (unpaired) electrons. The molecule has 2 heteroatoms. The van der Waals surface area contributed by atoms with Crippen molar-refractivity contribution in [1.82, 2.24) is 0 Å². The number of hydrogen-bond acceptors (Lipinski definition) is 2. The topological polar surface area (TPSA) is 26.3 Å². The summed E-state index contributed by atoms with van der Waals surface area (Å²) in [5.41, 5.74) is 1.48. The number of unbranched alkanes of at least 4 members (excludes halogenated alkanes) is 10. The molecule has 2 bridgehead atoms. The van der Waals surface area contributed by atoms with E-state index in [2.05, 4.69) is 39.8 Å². The maximum atomic E-state index is 12.7. The Morgan fingerprint density at radius 3 is 2.11 bits per heavy atom. The first-order valence-electron chi connectivity index (χ1n) is 16.1. The minimum atomic E-state index is 0.0545. The predicted molar refractivity (Wildman–Crippen MR) is 152 cm³/mol. The van der Waals surface area contributed by atoms with Crippen LogP contribution in [0.4, 0.5) is 0 Å². The molecule has 36 heavy (non-hydrogen) atoms. The number of carbonyl (C=O) groups excluding carboxylic acids is 1. The van der Waals surface area contributed by atoms with Crippen molar-refractivity contribution in [1.29, 1.82) is 0 Å². The highest BCUT2D eigenvalue weighted by Crippen LogP contribution is 2.71. The number of esters is 1. The van der Waals surface area contributed by atoms with Crippen LogP contribution in [0, 0.1) is 33.5 Å². The standard InChI is InChI=1S/C34H58O2/c1-5-6-7-8-9-10-11-12-13-14-15-17-30(35)36-27-32(3)20-16-21-33(4)28(32)19-23-34-25-24-31(2,26-34)22-18-29(33)34/h24-25,28-29H,5-23,26-27H2,1-4H3/t28-,29+,31-,32-,33-,34+/m1/s1. The van der Waals surface area contributed by atoms with Crippen LogP contribution >= 0.6 is 0 Å². The maximum Gasteiger partial charge on any atom is 0.305 e. The summed E-state index contributed by atoms with van der Waals surface area (Å²) in [6.45, 7) is 10.5. The van der Waals surface area contributed by atoms with E-state index in [1.807, 2.05) is 0 Å². The minimum absolute atomic E-state index is 0.0545. The van der Waals surface area contributed by atoms with Crippen LogP contribution in [-0.2, 0) is 9.53 Å². The van der Waals surface area contributed by atoms with Crippen LogP contribution in [0.1, 0.15) is 156 Å². The lowest BCUT2D eigenvalue weighted by Gasteiger charge is -2.64. The van der Waals surface area contributed by atoms with E-state index in [1.54, 1.807) is 0 Å². The summed E-state index contributed by atoms with van der Waals surface area (Å²) in [5, 5.41) is 0. The van der Waals surface area contributed by atoms with E-state index in [9.17, 15) is 4.79 Å². The second-order valence-electron chi connectivity index (χ2n) is 14.5. The third-order valence-electron chi connectivity index (χ3n) is 11.6. The summed E-state index contributed by atoms with van der Waals surface area (Å²) in [6, 6.07) is 0. The van der Waals surface area contributed by atoms with E-state index in [-0.39, 0.29) is 11.4 Å². The van der Waals surface area contributed by atoms with Gasteiger partial charge in [-0.15, -0.1) is 0 Å². The second-order valence-corrected chi connectivity index (χ2v) is 14.5. The van der Waals surface area contributed by atoms with E-state index in [0.717, 1.165) is 12.3 Å². The third-order valence-corrected chi connectivity index (χ3v) is 11.6. The molecule has 2 nitrogen and oxygen atoms in total. The van der Waals surface area contributed by atoms with Gasteiger partial charge in [0.15, 0.2) is 0 Å². The highest BCUT2D eigenvalue weighted by atomic mass is 16.5. The van der Waals surface area contributed by atoms with Crippen molar-refractivity contribution in [2.24, 2.45) is 33.5 Å². The normalized spacial score (nSPS) is 39.0. The van der Waals surface area contributed by atoms with Gasteiger partial charge in [0, 0.05) is 11.8 Å². The zero-order chi connectivity index (χ0) is 25.7. The molecular weight excluding hydrogens is 440 g/mol. The first kappa shape index (κ1) is 28.2. The lowest BCUT2D eigenvalue weighted by molar-refractivity contribution is -0.171. The minimum Gasteiger partial charge on any atom is -0.465 e. The molecule has 4 rings (SSSR count). The van der Waals surface area contributed by atoms with Crippen molar-refractivity contribution in [2.45, 2.75) is 156 Å². The molecule has 3 fully saturated rings. The Bertz CT molecular complexity index is 756. The molecular formula is C34H58O2. The number of hydrogen-bond donors (Lipinski definition) is 0. The van der Waals surface area contributed by atoms with Crippen molar-refractivity contribution in [2.75, 3.05) is 6.61 Å². The molecule has 0 aliphatic heterocycles. The zero-order valence-electron chi connectivity index (χ0n) is 24.5. The molecule has 4 aliphatic carbocycles. The van der Waals surface area contributed by atoms with Crippen LogP contribution < -0.4 is 0 Å². The molecule has 0 heterocycles. The molecule has 0 saturated heterocycles. The molecule has 0 aromatic heterocycles. The van der Waals surface area contributed by atoms with Crippen molar-refractivity contribution in [3.63, 3.8) is 0 Å². The fraction of sp³-hybridized carbons (Fsp3) is 0.912. The van der Waals surface area contributed by atoms with Gasteiger partial charge in [-0.25, -0.2) is 0 Å². The predicted octanol–water partition coefficient (Wildman–Crippen LogP) is 10.2. The van der Waals surface area contributed by atoms with Crippen molar-refractivity contribution < 1.29 is 9.53 Å². The summed E-state index contributed by atoms with van der Waals surface area (Å²) < 4.78 is 6.03. The first-order valence-corrected chi connectivity index (χ1v) is 16.1. The Morgan fingerprint density at radius 1 is 0.778 bits per heavy atom. The van der Waals surface area contributed by atoms with Crippen LogP contribution in [0.2, 0.25) is 0 Å². The van der Waals surface area contributed by atoms with E-state index >= 15 is 0 Å². The van der Waals surface area contributed by atoms with Gasteiger partial charge < -0.3 is 4.74 Å². The summed E-state index contributed by atoms with van der Waals surface area (Å²) in [7, 11) is 0. The molecule has 6 atom stereocenters. The molecule has 3 saturated carbocycles. The second kappa shape index (κ2) is 11.9. The molecule has 0 N–H and O–H groups in total. The highest BCUT2D eigenvalue weighted by Gasteiger charge is 2.63. The first-order chi connectivity index (χ1) is 17.3. The summed E-state index contributed by atoms with van der Waals surface area (Å²) in [6.07, 6.45) is 31.1. The van der Waals surface area contributed by atoms with Gasteiger partial charge in [-0.2, -0.15) is 0 Å². The third kappa shape index (κ3) is 6.09. The number of rotatable bonds is 14. The van der Waals surface area contributed by atoms with Crippen LogP contribution in [-0.4, -0.2) is 12.6 Å². The number of ether oxygens (including phenoxy) is 1. The maximum absolute atomic E-state index is 12.7.